The molecule has 1 heterocycles. The van der Waals surface area contributed by atoms with Crippen LogP contribution in [0.1, 0.15) is 63.6 Å². The van der Waals surface area contributed by atoms with Crippen molar-refractivity contribution in [2.75, 3.05) is 14.2 Å². The van der Waals surface area contributed by atoms with Gasteiger partial charge in [0.1, 0.15) is 11.8 Å². The van der Waals surface area contributed by atoms with Crippen LogP contribution in [0.4, 0.5) is 0 Å². The minimum Gasteiger partial charge on any atom is -0.496 e. The summed E-state index contributed by atoms with van der Waals surface area (Å²) >= 11 is 0. The molecule has 2 N–H and O–H groups in total. The van der Waals surface area contributed by atoms with E-state index in [0.717, 1.165) is 47.3 Å². The largest absolute Gasteiger partial charge is 0.496 e. The first kappa shape index (κ1) is 31.7. The molecule has 0 unspecified atom stereocenters. The molecule has 0 spiro atoms. The number of nitrogens with one attached hydrogen (secondary N) is 1. The monoisotopic (exact) mass is 598 g/mol. The van der Waals surface area contributed by atoms with Gasteiger partial charge in [-0.3, -0.25) is 4.79 Å². The predicted molar refractivity (Wildman–Crippen MR) is 172 cm³/mol. The van der Waals surface area contributed by atoms with Crippen molar-refractivity contribution < 1.29 is 24.2 Å². The van der Waals surface area contributed by atoms with Crippen molar-refractivity contribution in [3.8, 4) is 16.9 Å². The second kappa shape index (κ2) is 13.5. The number of hydrogen-bond donors (Lipinski definition) is 2. The maximum Gasteiger partial charge on any atom is 0.326 e. The molecule has 44 heavy (non-hydrogen) atoms. The van der Waals surface area contributed by atoms with Gasteiger partial charge in [-0.15, -0.1) is 0 Å². The number of rotatable bonds is 9. The molecule has 6 atom stereocenters. The molecule has 1 aliphatic carbocycles. The van der Waals surface area contributed by atoms with Gasteiger partial charge < -0.3 is 24.8 Å². The van der Waals surface area contributed by atoms with Crippen molar-refractivity contribution in [2.24, 2.45) is 17.3 Å². The first-order valence-corrected chi connectivity index (χ1v) is 15.7. The van der Waals surface area contributed by atoms with Crippen LogP contribution < -0.4 is 10.1 Å². The number of hydrogen-bond acceptors (Lipinski definition) is 5. The molecule has 1 aliphatic heterocycles. The van der Waals surface area contributed by atoms with Crippen molar-refractivity contribution >= 4 is 11.9 Å². The summed E-state index contributed by atoms with van der Waals surface area (Å²) in [5.41, 5.74) is 3.67. The van der Waals surface area contributed by atoms with E-state index in [1.165, 1.54) is 0 Å². The van der Waals surface area contributed by atoms with E-state index in [4.69, 9.17) is 9.47 Å². The summed E-state index contributed by atoms with van der Waals surface area (Å²) in [7, 11) is 3.36. The van der Waals surface area contributed by atoms with Gasteiger partial charge >= 0.3 is 5.97 Å². The van der Waals surface area contributed by atoms with Gasteiger partial charge in [-0.25, -0.2) is 4.79 Å². The van der Waals surface area contributed by atoms with Crippen LogP contribution in [0.3, 0.4) is 0 Å². The average molecular weight is 599 g/mol. The van der Waals surface area contributed by atoms with E-state index in [1.54, 1.807) is 19.1 Å². The van der Waals surface area contributed by atoms with E-state index < -0.39 is 23.5 Å². The standard InChI is InChI=1S/C37H46N2O5/c1-37(2,3)31-32(38-23-28-21-26(19-20-30(28)44-5)24-13-8-6-9-14-24)33(25-15-10-7-11-16-25)39(34(31)36(41)42)35(40)27-17-12-18-29(22-27)43-4/h6-11,13-16,19-21,27,29,31-34,38H,12,17-18,22-23H2,1-5H3,(H,41,42)/t27-,29-,31+,32+,33+,34+/m1/s1. The number of amides is 1. The Labute approximate surface area is 261 Å². The van der Waals surface area contributed by atoms with Crippen molar-refractivity contribution in [1.29, 1.82) is 0 Å². The molecule has 2 fully saturated rings. The number of carboxylic acid groups (broad SMARTS) is 1. The molecule has 5 rings (SSSR count). The number of methoxy groups -OCH3 is 2. The van der Waals surface area contributed by atoms with Crippen LogP contribution in [-0.2, 0) is 20.9 Å². The van der Waals surface area contributed by atoms with Gasteiger partial charge in [0.25, 0.3) is 0 Å². The van der Waals surface area contributed by atoms with Crippen LogP contribution in [0.2, 0.25) is 0 Å². The second-order valence-corrected chi connectivity index (χ2v) is 13.3. The molecule has 1 saturated heterocycles. The molecule has 0 bridgehead atoms. The summed E-state index contributed by atoms with van der Waals surface area (Å²) in [6, 6.07) is 24.5. The van der Waals surface area contributed by atoms with Crippen molar-refractivity contribution in [3.63, 3.8) is 0 Å². The number of aliphatic carboxylic acids is 1. The summed E-state index contributed by atoms with van der Waals surface area (Å²) in [4.78, 5) is 29.4. The summed E-state index contributed by atoms with van der Waals surface area (Å²) in [5, 5.41) is 14.6. The fourth-order valence-electron chi connectivity index (χ4n) is 7.48. The Bertz CT molecular complexity index is 1420. The highest BCUT2D eigenvalue weighted by molar-refractivity contribution is 5.87. The van der Waals surface area contributed by atoms with Gasteiger partial charge in [-0.05, 0) is 53.5 Å². The molecule has 0 aromatic heterocycles. The molecule has 7 nitrogen and oxygen atoms in total. The number of benzene rings is 3. The Morgan fingerprint density at radius 1 is 0.932 bits per heavy atom. The first-order valence-electron chi connectivity index (χ1n) is 15.7. The van der Waals surface area contributed by atoms with Crippen LogP contribution in [0.5, 0.6) is 5.75 Å². The number of carbonyl (C=O) groups is 2. The Kier molecular flexibility index (Phi) is 9.76. The molecular formula is C37H46N2O5. The first-order chi connectivity index (χ1) is 21.1. The van der Waals surface area contributed by atoms with E-state index >= 15 is 0 Å². The SMILES string of the molecule is COc1ccc(-c2ccccc2)cc1CN[C@H]1[C@H](C(C)(C)C)[C@@H](C(=O)O)N(C(=O)[C@@H]2CCC[C@@H](OC)C2)[C@H]1c1ccccc1. The highest BCUT2D eigenvalue weighted by Crippen LogP contribution is 2.49. The Hall–Kier alpha value is -3.68. The van der Waals surface area contributed by atoms with E-state index in [2.05, 4.69) is 50.4 Å². The molecule has 3 aromatic rings. The summed E-state index contributed by atoms with van der Waals surface area (Å²) < 4.78 is 11.4. The molecule has 234 valence electrons. The van der Waals surface area contributed by atoms with Crippen LogP contribution in [0, 0.1) is 17.3 Å². The van der Waals surface area contributed by atoms with E-state index in [0.29, 0.717) is 13.0 Å². The van der Waals surface area contributed by atoms with Gasteiger partial charge in [0.2, 0.25) is 5.91 Å². The highest BCUT2D eigenvalue weighted by Gasteiger charge is 2.58. The lowest BCUT2D eigenvalue weighted by molar-refractivity contribution is -0.155. The Morgan fingerprint density at radius 2 is 1.61 bits per heavy atom. The lowest BCUT2D eigenvalue weighted by atomic mass is 9.72. The number of carbonyl (C=O) groups excluding carboxylic acids is 1. The number of ether oxygens (including phenoxy) is 2. The number of nitrogens with zero attached hydrogens (tertiary/aromatic N) is 1. The fourth-order valence-corrected chi connectivity index (χ4v) is 7.48. The van der Waals surface area contributed by atoms with Gasteiger partial charge in [0.15, 0.2) is 0 Å². The minimum absolute atomic E-state index is 0.00967. The van der Waals surface area contributed by atoms with Gasteiger partial charge in [0, 0.05) is 37.1 Å². The van der Waals surface area contributed by atoms with E-state index in [9.17, 15) is 14.7 Å². The van der Waals surface area contributed by atoms with Crippen LogP contribution in [0.15, 0.2) is 78.9 Å². The zero-order valence-electron chi connectivity index (χ0n) is 26.5. The van der Waals surface area contributed by atoms with Crippen LogP contribution in [-0.4, -0.2) is 54.3 Å². The summed E-state index contributed by atoms with van der Waals surface area (Å²) in [5.74, 6) is -0.932. The van der Waals surface area contributed by atoms with Gasteiger partial charge in [-0.1, -0.05) is 93.9 Å². The van der Waals surface area contributed by atoms with E-state index in [-0.39, 0.29) is 29.9 Å². The number of carboxylic acids is 1. The zero-order valence-corrected chi connectivity index (χ0v) is 26.5. The third-order valence-electron chi connectivity index (χ3n) is 9.54. The van der Waals surface area contributed by atoms with Crippen LogP contribution in [0.25, 0.3) is 11.1 Å². The Balaban J connectivity index is 1.57. The summed E-state index contributed by atoms with van der Waals surface area (Å²) in [6.07, 6.45) is 3.17. The van der Waals surface area contributed by atoms with Crippen LogP contribution >= 0.6 is 0 Å². The normalized spacial score (nSPS) is 25.5. The maximum atomic E-state index is 14.5. The number of likely N-dealkylation sites (tertiary alicyclic amines) is 1. The average Bonchev–Trinajstić information content (AvgIpc) is 3.40. The molecular weight excluding hydrogens is 552 g/mol. The minimum atomic E-state index is -0.981. The van der Waals surface area contributed by atoms with E-state index in [1.807, 2.05) is 54.6 Å². The molecule has 2 aliphatic rings. The van der Waals surface area contributed by atoms with Crippen molar-refractivity contribution in [3.05, 3.63) is 90.0 Å². The lowest BCUT2D eigenvalue weighted by Gasteiger charge is -2.36. The lowest BCUT2D eigenvalue weighted by Crippen LogP contribution is -2.49. The quantitative estimate of drug-likeness (QED) is 0.284. The zero-order chi connectivity index (χ0) is 31.4. The third-order valence-corrected chi connectivity index (χ3v) is 9.54. The third kappa shape index (κ3) is 6.54. The predicted octanol–water partition coefficient (Wildman–Crippen LogP) is 6.72. The Morgan fingerprint density at radius 3 is 2.23 bits per heavy atom. The molecule has 0 radical (unpaired) electrons. The van der Waals surface area contributed by atoms with Gasteiger partial charge in [-0.2, -0.15) is 0 Å². The molecule has 1 amide bonds. The molecule has 3 aromatic carbocycles. The smallest absolute Gasteiger partial charge is 0.326 e. The highest BCUT2D eigenvalue weighted by atomic mass is 16.5. The second-order valence-electron chi connectivity index (χ2n) is 13.3. The summed E-state index contributed by atoms with van der Waals surface area (Å²) in [6.45, 7) is 6.69. The maximum absolute atomic E-state index is 14.5. The fraction of sp³-hybridized carbons (Fsp3) is 0.459. The molecule has 1 saturated carbocycles. The topological polar surface area (TPSA) is 88.1 Å². The van der Waals surface area contributed by atoms with Gasteiger partial charge in [0.05, 0.1) is 19.3 Å². The van der Waals surface area contributed by atoms with Crippen molar-refractivity contribution in [1.82, 2.24) is 10.2 Å². The molecule has 7 heteroatoms. The van der Waals surface area contributed by atoms with Crippen molar-refractivity contribution in [2.45, 2.75) is 77.2 Å².